The molecule has 1 aromatic rings. The molecule has 0 radical (unpaired) electrons. The number of guanidine groups is 1. The molecule has 2 N–H and O–H groups in total. The lowest BCUT2D eigenvalue weighted by molar-refractivity contribution is -0.137. The van der Waals surface area contributed by atoms with Crippen LogP contribution in [-0.4, -0.2) is 37.2 Å². The number of ether oxygens (including phenoxy) is 1. The van der Waals surface area contributed by atoms with Crippen LogP contribution in [0, 0.1) is 0 Å². The van der Waals surface area contributed by atoms with Crippen molar-refractivity contribution in [2.75, 3.05) is 26.3 Å². The number of aliphatic imine (C=N–C) groups is 1. The van der Waals surface area contributed by atoms with Crippen LogP contribution in [-0.2, 0) is 17.5 Å². The lowest BCUT2D eigenvalue weighted by Gasteiger charge is -2.27. The van der Waals surface area contributed by atoms with Crippen LogP contribution >= 0.6 is 24.0 Å². The first kappa shape index (κ1) is 18.0. The Hall–Kier alpha value is -1.03. The van der Waals surface area contributed by atoms with Crippen LogP contribution in [0.3, 0.4) is 0 Å². The second kappa shape index (κ2) is 7.83. The van der Waals surface area contributed by atoms with Gasteiger partial charge in [0.25, 0.3) is 0 Å². The molecule has 4 nitrogen and oxygen atoms in total. The molecular weight excluding hydrogens is 398 g/mol. The molecule has 0 aromatic heterocycles. The monoisotopic (exact) mass is 415 g/mol. The average Bonchev–Trinajstić information content (AvgIpc) is 2.45. The average molecular weight is 415 g/mol. The summed E-state index contributed by atoms with van der Waals surface area (Å²) in [5, 5.41) is 0. The summed E-state index contributed by atoms with van der Waals surface area (Å²) < 4.78 is 42.4. The Morgan fingerprint density at radius 1 is 1.19 bits per heavy atom. The fourth-order valence-electron chi connectivity index (χ4n) is 1.86. The van der Waals surface area contributed by atoms with Crippen molar-refractivity contribution < 1.29 is 17.9 Å². The van der Waals surface area contributed by atoms with E-state index in [9.17, 15) is 13.2 Å². The van der Waals surface area contributed by atoms with Gasteiger partial charge in [0.15, 0.2) is 5.96 Å². The van der Waals surface area contributed by atoms with Gasteiger partial charge in [-0.05, 0) is 17.7 Å². The first-order valence-electron chi connectivity index (χ1n) is 6.25. The number of rotatable bonds is 2. The number of nitrogens with two attached hydrogens (primary N) is 1. The Labute approximate surface area is 138 Å². The fourth-order valence-corrected chi connectivity index (χ4v) is 1.86. The Bertz CT molecular complexity index is 471. The molecule has 0 saturated carbocycles. The molecule has 1 aliphatic rings. The SMILES string of the molecule is I.NC(=NCc1ccc(C(F)(F)F)cc1)N1CCOCC1. The van der Waals surface area contributed by atoms with E-state index < -0.39 is 11.7 Å². The molecule has 8 heteroatoms. The summed E-state index contributed by atoms with van der Waals surface area (Å²) in [6.45, 7) is 2.85. The first-order valence-corrected chi connectivity index (χ1v) is 6.25. The molecule has 118 valence electrons. The molecule has 1 heterocycles. The molecule has 0 aliphatic carbocycles. The van der Waals surface area contributed by atoms with Crippen molar-refractivity contribution in [2.45, 2.75) is 12.7 Å². The molecule has 1 aromatic carbocycles. The van der Waals surface area contributed by atoms with Crippen molar-refractivity contribution in [1.82, 2.24) is 4.90 Å². The minimum absolute atomic E-state index is 0. The second-order valence-corrected chi connectivity index (χ2v) is 4.47. The van der Waals surface area contributed by atoms with Crippen molar-refractivity contribution in [1.29, 1.82) is 0 Å². The van der Waals surface area contributed by atoms with Gasteiger partial charge in [0.1, 0.15) is 0 Å². The van der Waals surface area contributed by atoms with Gasteiger partial charge in [-0.3, -0.25) is 0 Å². The molecule has 1 saturated heterocycles. The van der Waals surface area contributed by atoms with Gasteiger partial charge in [-0.15, -0.1) is 24.0 Å². The van der Waals surface area contributed by atoms with E-state index in [1.165, 1.54) is 12.1 Å². The summed E-state index contributed by atoms with van der Waals surface area (Å²) >= 11 is 0. The number of alkyl halides is 3. The van der Waals surface area contributed by atoms with Gasteiger partial charge >= 0.3 is 6.18 Å². The highest BCUT2D eigenvalue weighted by atomic mass is 127. The molecule has 2 rings (SSSR count). The third-order valence-electron chi connectivity index (χ3n) is 3.04. The zero-order valence-electron chi connectivity index (χ0n) is 11.3. The molecule has 0 atom stereocenters. The summed E-state index contributed by atoms with van der Waals surface area (Å²) in [6.07, 6.45) is -4.31. The number of hydrogen-bond donors (Lipinski definition) is 1. The van der Waals surface area contributed by atoms with Crippen LogP contribution in [0.25, 0.3) is 0 Å². The third kappa shape index (κ3) is 5.34. The standard InChI is InChI=1S/C13H16F3N3O.HI/c14-13(15,16)11-3-1-10(2-4-11)9-18-12(17)19-5-7-20-8-6-19;/h1-4H,5-9H2,(H2,17,18);1H. The van der Waals surface area contributed by atoms with Gasteiger partial charge in [0.05, 0.1) is 25.3 Å². The van der Waals surface area contributed by atoms with Gasteiger partial charge in [0.2, 0.25) is 0 Å². The van der Waals surface area contributed by atoms with Gasteiger partial charge in [-0.2, -0.15) is 13.2 Å². The van der Waals surface area contributed by atoms with Gasteiger partial charge in [-0.25, -0.2) is 4.99 Å². The predicted octanol–water partition coefficient (Wildman–Crippen LogP) is 2.47. The maximum Gasteiger partial charge on any atom is 0.416 e. The summed E-state index contributed by atoms with van der Waals surface area (Å²) in [5.74, 6) is 0.396. The van der Waals surface area contributed by atoms with Crippen molar-refractivity contribution in [2.24, 2.45) is 10.7 Å². The summed E-state index contributed by atoms with van der Waals surface area (Å²) in [5.41, 5.74) is 5.86. The van der Waals surface area contributed by atoms with Crippen molar-refractivity contribution in [3.8, 4) is 0 Å². The van der Waals surface area contributed by atoms with Crippen molar-refractivity contribution in [3.63, 3.8) is 0 Å². The van der Waals surface area contributed by atoms with Crippen molar-refractivity contribution >= 4 is 29.9 Å². The smallest absolute Gasteiger partial charge is 0.378 e. The summed E-state index contributed by atoms with van der Waals surface area (Å²) in [6, 6.07) is 4.93. The van der Waals surface area contributed by atoms with Crippen LogP contribution in [0.5, 0.6) is 0 Å². The third-order valence-corrected chi connectivity index (χ3v) is 3.04. The number of benzene rings is 1. The maximum atomic E-state index is 12.4. The Balaban J connectivity index is 0.00000220. The van der Waals surface area contributed by atoms with Crippen LogP contribution in [0.2, 0.25) is 0 Å². The van der Waals surface area contributed by atoms with E-state index in [0.29, 0.717) is 37.8 Å². The van der Waals surface area contributed by atoms with Gasteiger partial charge in [-0.1, -0.05) is 12.1 Å². The molecule has 1 fully saturated rings. The molecule has 21 heavy (non-hydrogen) atoms. The van der Waals surface area contributed by atoms with E-state index in [-0.39, 0.29) is 30.5 Å². The number of morpholine rings is 1. The van der Waals surface area contributed by atoms with E-state index in [1.807, 2.05) is 4.90 Å². The summed E-state index contributed by atoms with van der Waals surface area (Å²) in [7, 11) is 0. The Kier molecular flexibility index (Phi) is 6.72. The molecule has 0 spiro atoms. The second-order valence-electron chi connectivity index (χ2n) is 4.47. The van der Waals surface area contributed by atoms with Crippen LogP contribution < -0.4 is 5.73 Å². The minimum atomic E-state index is -4.31. The zero-order valence-corrected chi connectivity index (χ0v) is 13.6. The van der Waals surface area contributed by atoms with Crippen LogP contribution in [0.15, 0.2) is 29.3 Å². The van der Waals surface area contributed by atoms with Gasteiger partial charge < -0.3 is 15.4 Å². The zero-order chi connectivity index (χ0) is 14.6. The fraction of sp³-hybridized carbons (Fsp3) is 0.462. The maximum absolute atomic E-state index is 12.4. The quantitative estimate of drug-likeness (QED) is 0.459. The number of halogens is 4. The Morgan fingerprint density at radius 3 is 2.29 bits per heavy atom. The Morgan fingerprint density at radius 2 is 1.76 bits per heavy atom. The number of nitrogens with zero attached hydrogens (tertiary/aromatic N) is 2. The topological polar surface area (TPSA) is 50.8 Å². The highest BCUT2D eigenvalue weighted by Crippen LogP contribution is 2.29. The lowest BCUT2D eigenvalue weighted by atomic mass is 10.1. The largest absolute Gasteiger partial charge is 0.416 e. The molecule has 0 amide bonds. The predicted molar refractivity (Wildman–Crippen MR) is 84.6 cm³/mol. The molecule has 1 aliphatic heterocycles. The van der Waals surface area contributed by atoms with Crippen LogP contribution in [0.4, 0.5) is 13.2 Å². The molecule has 0 bridgehead atoms. The highest BCUT2D eigenvalue weighted by Gasteiger charge is 2.29. The lowest BCUT2D eigenvalue weighted by Crippen LogP contribution is -2.44. The normalized spacial score (nSPS) is 16.5. The van der Waals surface area contributed by atoms with E-state index in [2.05, 4.69) is 4.99 Å². The minimum Gasteiger partial charge on any atom is -0.378 e. The highest BCUT2D eigenvalue weighted by molar-refractivity contribution is 14.0. The van der Waals surface area contributed by atoms with E-state index >= 15 is 0 Å². The first-order chi connectivity index (χ1) is 9.47. The molecule has 0 unspecified atom stereocenters. The summed E-state index contributed by atoms with van der Waals surface area (Å²) in [4.78, 5) is 6.09. The number of hydrogen-bond acceptors (Lipinski definition) is 2. The van der Waals surface area contributed by atoms with Crippen LogP contribution in [0.1, 0.15) is 11.1 Å². The van der Waals surface area contributed by atoms with E-state index in [4.69, 9.17) is 10.5 Å². The van der Waals surface area contributed by atoms with E-state index in [0.717, 1.165) is 12.1 Å². The molecular formula is C13H17F3IN3O. The van der Waals surface area contributed by atoms with Crippen molar-refractivity contribution in [3.05, 3.63) is 35.4 Å². The van der Waals surface area contributed by atoms with E-state index in [1.54, 1.807) is 0 Å². The van der Waals surface area contributed by atoms with Gasteiger partial charge in [0, 0.05) is 13.1 Å².